The van der Waals surface area contributed by atoms with E-state index in [0.29, 0.717) is 31.2 Å². The lowest BCUT2D eigenvalue weighted by Gasteiger charge is -2.39. The molecule has 4 aliphatic rings. The summed E-state index contributed by atoms with van der Waals surface area (Å²) in [5.41, 5.74) is 20.8. The van der Waals surface area contributed by atoms with Crippen LogP contribution in [0.2, 0.25) is 0 Å². The van der Waals surface area contributed by atoms with Gasteiger partial charge in [-0.15, -0.1) is 0 Å². The van der Waals surface area contributed by atoms with Crippen molar-refractivity contribution >= 4 is 65.3 Å². The lowest BCUT2D eigenvalue weighted by atomic mass is 9.87. The minimum Gasteiger partial charge on any atom is -0.459 e. The highest BCUT2D eigenvalue weighted by molar-refractivity contribution is 6.05. The monoisotopic (exact) mass is 1350 g/mol. The number of nitrogens with one attached hydrogen (secondary N) is 7. The number of aliphatic hydroxyl groups is 1. The van der Waals surface area contributed by atoms with Gasteiger partial charge in [0.2, 0.25) is 29.5 Å². The predicted octanol–water partition coefficient (Wildman–Crippen LogP) is 5.31. The summed E-state index contributed by atoms with van der Waals surface area (Å²) in [6.45, 7) is 13.8. The number of unbranched alkanes of at least 4 members (excludes halogenated alkanes) is 1. The van der Waals surface area contributed by atoms with Gasteiger partial charge in [-0.3, -0.25) is 43.9 Å². The molecule has 0 bridgehead atoms. The standard InChI is InChI=1S/C70H94N10O17/c1-40(2)62(77-65(87)55(75-45(7)81)20-13-14-32-74-68(90)93-38-54-52-18-11-9-16-50(52)51-17-10-12-19-53(51)54)66(88)80(57(64(71)86)21-15-33-73-67(72)89)48-27-25-47(26-28-48)37-92-69(91)79-78-61(84)35-49-36-70(39-94-70)63(85)59(97-49)30-23-41(3)22-29-58-42(4)34-56(44(6)96-58)76-60(83)31-24-43(5)95-46(8)82/h9-12,16-19,22-28,30-31,40,42-44,49,54-59,62-63,85H,13-15,20-21,29,32-39H2,1-8H3,(H2,71,86)(H,74,90)(H,75,81)(H,76,83)(H,77,87)(H,78,84)(H,79,91)(H3,72,73,89)/b30-23+,31-24-,41-22+/t42-,43-,44+,49+,55-,56+,57-,58-,59+,62-,63+,70+/m0/s1. The van der Waals surface area contributed by atoms with Crippen molar-refractivity contribution in [3.8, 4) is 11.1 Å². The minimum atomic E-state index is -1.31. The minimum absolute atomic E-state index is 0.0408. The Morgan fingerprint density at radius 1 is 0.784 bits per heavy atom. The second-order valence-electron chi connectivity index (χ2n) is 25.6. The molecular weight excluding hydrogens is 1250 g/mol. The van der Waals surface area contributed by atoms with Gasteiger partial charge >= 0.3 is 24.2 Å². The van der Waals surface area contributed by atoms with Crippen LogP contribution < -0.4 is 53.8 Å². The number of anilines is 1. The molecule has 7 rings (SSSR count). The molecule has 526 valence electrons. The Balaban J connectivity index is 0.887. The molecule has 0 unspecified atom stereocenters. The first-order valence-corrected chi connectivity index (χ1v) is 33.0. The van der Waals surface area contributed by atoms with Crippen LogP contribution in [0.5, 0.6) is 0 Å². The van der Waals surface area contributed by atoms with Gasteiger partial charge in [0, 0.05) is 51.0 Å². The summed E-state index contributed by atoms with van der Waals surface area (Å²) in [6.07, 6.45) is 5.70. The van der Waals surface area contributed by atoms with E-state index < -0.39 is 108 Å². The Morgan fingerprint density at radius 2 is 1.45 bits per heavy atom. The van der Waals surface area contributed by atoms with Gasteiger partial charge in [-0.05, 0) is 124 Å². The quantitative estimate of drug-likeness (QED) is 0.00742. The fraction of sp³-hybridized carbons (Fsp3) is 0.514. The summed E-state index contributed by atoms with van der Waals surface area (Å²) >= 11 is 0. The molecule has 3 aromatic rings. The molecule has 0 aromatic heterocycles. The van der Waals surface area contributed by atoms with Gasteiger partial charge in [0.25, 0.3) is 5.91 Å². The summed E-state index contributed by atoms with van der Waals surface area (Å²) in [6, 6.07) is 17.4. The number of allylic oxidation sites excluding steroid dienone is 2. The summed E-state index contributed by atoms with van der Waals surface area (Å²) in [7, 11) is 0. The summed E-state index contributed by atoms with van der Waals surface area (Å²) < 4.78 is 34.3. The van der Waals surface area contributed by atoms with Crippen molar-refractivity contribution in [1.29, 1.82) is 0 Å². The fourth-order valence-electron chi connectivity index (χ4n) is 12.3. The predicted molar refractivity (Wildman–Crippen MR) is 357 cm³/mol. The zero-order chi connectivity index (χ0) is 70.5. The van der Waals surface area contributed by atoms with Crippen molar-refractivity contribution in [3.63, 3.8) is 0 Å². The number of hydrogen-bond acceptors (Lipinski definition) is 17. The molecule has 1 aliphatic carbocycles. The number of rotatable bonds is 31. The van der Waals surface area contributed by atoms with E-state index in [-0.39, 0.29) is 107 Å². The third kappa shape index (κ3) is 22.2. The molecule has 0 saturated carbocycles. The highest BCUT2D eigenvalue weighted by atomic mass is 16.6. The normalized spacial score (nSPS) is 22.4. The molecular formula is C70H94N10O17. The highest BCUT2D eigenvalue weighted by Crippen LogP contribution is 2.45. The number of fused-ring (bicyclic) bond motifs is 3. The maximum Gasteiger partial charge on any atom is 0.426 e. The lowest BCUT2D eigenvalue weighted by molar-refractivity contribution is -0.146. The maximum absolute atomic E-state index is 14.9. The van der Waals surface area contributed by atoms with E-state index in [4.69, 9.17) is 39.9 Å². The van der Waals surface area contributed by atoms with E-state index in [1.165, 1.54) is 50.3 Å². The van der Waals surface area contributed by atoms with E-state index in [2.05, 4.69) is 44.4 Å². The molecule has 27 nitrogen and oxygen atoms in total. The summed E-state index contributed by atoms with van der Waals surface area (Å²) in [5.74, 6) is -4.74. The smallest absolute Gasteiger partial charge is 0.426 e. The molecule has 3 aliphatic heterocycles. The van der Waals surface area contributed by atoms with Crippen LogP contribution in [0.15, 0.2) is 109 Å². The van der Waals surface area contributed by atoms with Crippen LogP contribution in [0.4, 0.5) is 20.1 Å². The van der Waals surface area contributed by atoms with Gasteiger partial charge in [0.05, 0.1) is 37.4 Å². The average Bonchev–Trinajstić information content (AvgIpc) is 1.62. The van der Waals surface area contributed by atoms with Crippen molar-refractivity contribution in [2.45, 2.75) is 192 Å². The third-order valence-electron chi connectivity index (χ3n) is 17.5. The highest BCUT2D eigenvalue weighted by Gasteiger charge is 2.58. The molecule has 3 fully saturated rings. The van der Waals surface area contributed by atoms with Gasteiger partial charge in [0.15, 0.2) is 0 Å². The first kappa shape index (κ1) is 75.2. The molecule has 0 radical (unpaired) electrons. The van der Waals surface area contributed by atoms with Crippen LogP contribution in [0, 0.1) is 11.8 Å². The molecule has 12 N–H and O–H groups in total. The fourth-order valence-corrected chi connectivity index (χ4v) is 12.3. The Morgan fingerprint density at radius 3 is 2.08 bits per heavy atom. The number of carbonyl (C=O) groups is 10. The molecule has 3 heterocycles. The van der Waals surface area contributed by atoms with Gasteiger partial charge in [0.1, 0.15) is 55.3 Å². The molecule has 27 heteroatoms. The summed E-state index contributed by atoms with van der Waals surface area (Å²) in [4.78, 5) is 130. The van der Waals surface area contributed by atoms with Crippen LogP contribution in [-0.4, -0.2) is 157 Å². The molecule has 1 spiro atoms. The van der Waals surface area contributed by atoms with Gasteiger partial charge < -0.3 is 71.6 Å². The number of carbonyl (C=O) groups excluding carboxylic acids is 10. The van der Waals surface area contributed by atoms with Crippen molar-refractivity contribution in [1.82, 2.24) is 37.4 Å². The van der Waals surface area contributed by atoms with E-state index in [1.54, 1.807) is 26.8 Å². The third-order valence-corrected chi connectivity index (χ3v) is 17.5. The number of esters is 1. The van der Waals surface area contributed by atoms with E-state index in [0.717, 1.165) is 32.7 Å². The van der Waals surface area contributed by atoms with E-state index >= 15 is 0 Å². The van der Waals surface area contributed by atoms with Crippen LogP contribution >= 0.6 is 0 Å². The second kappa shape index (κ2) is 35.7. The Hall–Kier alpha value is -9.18. The van der Waals surface area contributed by atoms with Crippen molar-refractivity contribution in [2.75, 3.05) is 31.2 Å². The topological polar surface area (TPSA) is 389 Å². The number of hydrogen-bond donors (Lipinski definition) is 10. The van der Waals surface area contributed by atoms with Gasteiger partial charge in [-0.1, -0.05) is 105 Å². The molecule has 3 saturated heterocycles. The van der Waals surface area contributed by atoms with Gasteiger partial charge in [-0.2, -0.15) is 0 Å². The van der Waals surface area contributed by atoms with Crippen molar-refractivity contribution in [3.05, 3.63) is 125 Å². The first-order chi connectivity index (χ1) is 46.2. The number of amides is 10. The van der Waals surface area contributed by atoms with Crippen molar-refractivity contribution in [2.24, 2.45) is 23.3 Å². The van der Waals surface area contributed by atoms with E-state index in [1.807, 2.05) is 74.5 Å². The zero-order valence-electron chi connectivity index (χ0n) is 56.3. The number of benzene rings is 3. The maximum atomic E-state index is 14.9. The van der Waals surface area contributed by atoms with Gasteiger partial charge in [-0.25, -0.2) is 19.8 Å². The molecule has 3 aromatic carbocycles. The van der Waals surface area contributed by atoms with E-state index in [9.17, 15) is 53.1 Å². The second-order valence-corrected chi connectivity index (χ2v) is 25.6. The SMILES string of the molecule is CC(=O)N[C@@H](CCCCNC(=O)OCC1c2ccccc2-c2ccccc21)C(=O)N[C@H](C(=O)N(c1ccc(COC(=O)NNC(=O)C[C@@H]2C[C@@]3(CO3)[C@H](O)[C@@H](/C=C/C(C)=C/C[C@@H]3O[C@H](C)[C@H](NC(=O)/C=C\[C@H](C)OC(C)=O)C[C@@H]3C)O2)cc1)[C@@H](CCCNC(N)=O)C(N)=O)C(C)C. The number of primary amides is 2. The van der Waals surface area contributed by atoms with Crippen molar-refractivity contribution < 1.29 is 81.5 Å². The average molecular weight is 1350 g/mol. The number of nitrogens with two attached hydrogens (primary N) is 2. The summed E-state index contributed by atoms with van der Waals surface area (Å²) in [5, 5.41) is 24.9. The Bertz CT molecular complexity index is 3330. The Labute approximate surface area is 565 Å². The number of aliphatic hydroxyl groups excluding tert-OH is 1. The number of epoxide rings is 1. The zero-order valence-corrected chi connectivity index (χ0v) is 56.3. The number of hydrazine groups is 1. The number of alkyl carbamates (subject to hydrolysis) is 1. The number of ether oxygens (including phenoxy) is 6. The molecule has 97 heavy (non-hydrogen) atoms. The largest absolute Gasteiger partial charge is 0.459 e. The lowest BCUT2D eigenvalue weighted by Crippen LogP contribution is -2.59. The Kier molecular flexibility index (Phi) is 27.7. The van der Waals surface area contributed by atoms with Crippen LogP contribution in [-0.2, 0) is 68.6 Å². The van der Waals surface area contributed by atoms with Crippen LogP contribution in [0.1, 0.15) is 136 Å². The molecule has 12 atom stereocenters. The van der Waals surface area contributed by atoms with Crippen LogP contribution in [0.25, 0.3) is 11.1 Å². The number of urea groups is 1. The first-order valence-electron chi connectivity index (χ1n) is 33.0. The van der Waals surface area contributed by atoms with Crippen LogP contribution in [0.3, 0.4) is 0 Å². The number of nitrogens with zero attached hydrogens (tertiary/aromatic N) is 1. The molecule has 10 amide bonds.